The van der Waals surface area contributed by atoms with Gasteiger partial charge >= 0.3 is 6.61 Å². The average Bonchev–Trinajstić information content (AvgIpc) is 2.17. The number of hydrogen-bond donors (Lipinski definition) is 1. The van der Waals surface area contributed by atoms with Crippen LogP contribution in [0.3, 0.4) is 0 Å². The Balaban J connectivity index is 0.00000225. The Hall–Kier alpha value is -0.870. The second-order valence-electron chi connectivity index (χ2n) is 3.35. The number of hydrogen-bond acceptors (Lipinski definition) is 2. The van der Waals surface area contributed by atoms with E-state index in [-0.39, 0.29) is 24.2 Å². The lowest BCUT2D eigenvalue weighted by Gasteiger charge is -2.12. The van der Waals surface area contributed by atoms with Crippen molar-refractivity contribution in [2.24, 2.45) is 5.73 Å². The lowest BCUT2D eigenvalue weighted by Crippen LogP contribution is -2.10. The molecule has 92 valence electrons. The van der Waals surface area contributed by atoms with E-state index in [1.54, 1.807) is 12.1 Å². The maximum atomic E-state index is 11.9. The van der Waals surface area contributed by atoms with Gasteiger partial charge < -0.3 is 10.5 Å². The summed E-state index contributed by atoms with van der Waals surface area (Å²) in [7, 11) is 0. The average molecular weight is 252 g/mol. The molecule has 1 aromatic carbocycles. The van der Waals surface area contributed by atoms with Gasteiger partial charge in [0.15, 0.2) is 0 Å². The first-order valence-corrected chi connectivity index (χ1v) is 4.93. The maximum absolute atomic E-state index is 11.9. The SMILES string of the molecule is CCC[C@H](N)c1cccc(OC(F)F)c1.Cl. The topological polar surface area (TPSA) is 35.2 Å². The molecule has 0 fully saturated rings. The van der Waals surface area contributed by atoms with Gasteiger partial charge in [0.05, 0.1) is 0 Å². The van der Waals surface area contributed by atoms with Crippen molar-refractivity contribution in [3.05, 3.63) is 29.8 Å². The number of halogens is 3. The van der Waals surface area contributed by atoms with E-state index in [0.29, 0.717) is 0 Å². The molecule has 0 saturated carbocycles. The molecule has 0 aliphatic rings. The fourth-order valence-corrected chi connectivity index (χ4v) is 1.40. The number of benzene rings is 1. The van der Waals surface area contributed by atoms with Crippen molar-refractivity contribution in [3.63, 3.8) is 0 Å². The molecule has 0 amide bonds. The highest BCUT2D eigenvalue weighted by molar-refractivity contribution is 5.85. The molecule has 0 saturated heterocycles. The van der Waals surface area contributed by atoms with Crippen molar-refractivity contribution in [1.29, 1.82) is 0 Å². The summed E-state index contributed by atoms with van der Waals surface area (Å²) in [5, 5.41) is 0. The van der Waals surface area contributed by atoms with Crippen LogP contribution in [0.25, 0.3) is 0 Å². The summed E-state index contributed by atoms with van der Waals surface area (Å²) in [5.41, 5.74) is 6.69. The van der Waals surface area contributed by atoms with E-state index in [0.717, 1.165) is 18.4 Å². The third-order valence-corrected chi connectivity index (χ3v) is 2.11. The van der Waals surface area contributed by atoms with E-state index >= 15 is 0 Å². The van der Waals surface area contributed by atoms with E-state index in [4.69, 9.17) is 5.73 Å². The quantitative estimate of drug-likeness (QED) is 0.869. The van der Waals surface area contributed by atoms with Crippen LogP contribution >= 0.6 is 12.4 Å². The van der Waals surface area contributed by atoms with Gasteiger partial charge in [0, 0.05) is 6.04 Å². The largest absolute Gasteiger partial charge is 0.435 e. The summed E-state index contributed by atoms with van der Waals surface area (Å²) in [6.45, 7) is -0.762. The molecular weight excluding hydrogens is 236 g/mol. The highest BCUT2D eigenvalue weighted by Crippen LogP contribution is 2.21. The minimum Gasteiger partial charge on any atom is -0.435 e. The van der Waals surface area contributed by atoms with E-state index in [1.165, 1.54) is 6.07 Å². The van der Waals surface area contributed by atoms with Crippen molar-refractivity contribution in [2.75, 3.05) is 0 Å². The zero-order valence-electron chi connectivity index (χ0n) is 9.03. The third kappa shape index (κ3) is 4.77. The summed E-state index contributed by atoms with van der Waals surface area (Å²) in [6.07, 6.45) is 1.79. The minimum atomic E-state index is -2.79. The lowest BCUT2D eigenvalue weighted by atomic mass is 10.0. The Kier molecular flexibility index (Phi) is 7.01. The highest BCUT2D eigenvalue weighted by atomic mass is 35.5. The number of ether oxygens (including phenoxy) is 1. The van der Waals surface area contributed by atoms with Crippen LogP contribution in [0.4, 0.5) is 8.78 Å². The van der Waals surface area contributed by atoms with Crippen molar-refractivity contribution in [1.82, 2.24) is 0 Å². The molecule has 1 aromatic rings. The second-order valence-corrected chi connectivity index (χ2v) is 3.35. The van der Waals surface area contributed by atoms with Crippen molar-refractivity contribution < 1.29 is 13.5 Å². The molecule has 0 bridgehead atoms. The van der Waals surface area contributed by atoms with Crippen LogP contribution in [0.5, 0.6) is 5.75 Å². The first kappa shape index (κ1) is 15.1. The van der Waals surface area contributed by atoms with Gasteiger partial charge in [0.25, 0.3) is 0 Å². The zero-order chi connectivity index (χ0) is 11.3. The molecule has 5 heteroatoms. The summed E-state index contributed by atoms with van der Waals surface area (Å²) in [5.74, 6) is 0.161. The Bertz CT molecular complexity index is 310. The van der Waals surface area contributed by atoms with E-state index < -0.39 is 6.61 Å². The Morgan fingerprint density at radius 3 is 2.62 bits per heavy atom. The predicted octanol–water partition coefficient (Wildman–Crippen LogP) is 3.51. The Labute approximate surface area is 100 Å². The van der Waals surface area contributed by atoms with Crippen LogP contribution in [-0.4, -0.2) is 6.61 Å². The van der Waals surface area contributed by atoms with Crippen LogP contribution in [-0.2, 0) is 0 Å². The van der Waals surface area contributed by atoms with Gasteiger partial charge in [-0.15, -0.1) is 12.4 Å². The summed E-state index contributed by atoms with van der Waals surface area (Å²) in [4.78, 5) is 0. The van der Waals surface area contributed by atoms with Gasteiger partial charge in [0.1, 0.15) is 5.75 Å². The zero-order valence-corrected chi connectivity index (χ0v) is 9.84. The first-order chi connectivity index (χ1) is 7.13. The van der Waals surface area contributed by atoms with Crippen LogP contribution in [0.1, 0.15) is 31.4 Å². The van der Waals surface area contributed by atoms with Crippen molar-refractivity contribution >= 4 is 12.4 Å². The predicted molar refractivity (Wildman–Crippen MR) is 62.2 cm³/mol. The van der Waals surface area contributed by atoms with E-state index in [2.05, 4.69) is 4.74 Å². The Morgan fingerprint density at radius 1 is 1.38 bits per heavy atom. The summed E-state index contributed by atoms with van der Waals surface area (Å²) >= 11 is 0. The fourth-order valence-electron chi connectivity index (χ4n) is 1.40. The minimum absolute atomic E-state index is 0. The van der Waals surface area contributed by atoms with Gasteiger partial charge in [-0.1, -0.05) is 25.5 Å². The normalized spacial score (nSPS) is 12.1. The standard InChI is InChI=1S/C11H15F2NO.ClH/c1-2-4-10(14)8-5-3-6-9(7-8)15-11(12)13;/h3,5-7,10-11H,2,4,14H2,1H3;1H/t10-;/m0./s1. The molecule has 2 N–H and O–H groups in total. The molecular formula is C11H16ClF2NO. The van der Waals surface area contributed by atoms with Gasteiger partial charge in [-0.3, -0.25) is 0 Å². The van der Waals surface area contributed by atoms with Gasteiger partial charge in [-0.05, 0) is 24.1 Å². The van der Waals surface area contributed by atoms with Crippen LogP contribution in [0.15, 0.2) is 24.3 Å². The van der Waals surface area contributed by atoms with Gasteiger partial charge in [-0.25, -0.2) is 0 Å². The first-order valence-electron chi connectivity index (χ1n) is 4.93. The fraction of sp³-hybridized carbons (Fsp3) is 0.455. The molecule has 0 aliphatic heterocycles. The molecule has 0 heterocycles. The van der Waals surface area contributed by atoms with E-state index in [9.17, 15) is 8.78 Å². The Morgan fingerprint density at radius 2 is 2.06 bits per heavy atom. The van der Waals surface area contributed by atoms with Crippen molar-refractivity contribution in [2.45, 2.75) is 32.4 Å². The molecule has 1 rings (SSSR count). The third-order valence-electron chi connectivity index (χ3n) is 2.11. The van der Waals surface area contributed by atoms with Crippen LogP contribution in [0, 0.1) is 0 Å². The summed E-state index contributed by atoms with van der Waals surface area (Å²) in [6, 6.07) is 6.43. The monoisotopic (exact) mass is 251 g/mol. The molecule has 0 radical (unpaired) electrons. The molecule has 0 spiro atoms. The van der Waals surface area contributed by atoms with E-state index in [1.807, 2.05) is 13.0 Å². The van der Waals surface area contributed by atoms with Gasteiger partial charge in [0.2, 0.25) is 0 Å². The molecule has 1 atom stereocenters. The second kappa shape index (κ2) is 7.41. The molecule has 0 aromatic heterocycles. The molecule has 2 nitrogen and oxygen atoms in total. The lowest BCUT2D eigenvalue weighted by molar-refractivity contribution is -0.0499. The molecule has 0 aliphatic carbocycles. The number of rotatable bonds is 5. The smallest absolute Gasteiger partial charge is 0.387 e. The van der Waals surface area contributed by atoms with Crippen molar-refractivity contribution in [3.8, 4) is 5.75 Å². The number of nitrogens with two attached hydrogens (primary N) is 1. The molecule has 16 heavy (non-hydrogen) atoms. The van der Waals surface area contributed by atoms with Crippen LogP contribution in [0.2, 0.25) is 0 Å². The maximum Gasteiger partial charge on any atom is 0.387 e. The summed E-state index contributed by atoms with van der Waals surface area (Å²) < 4.78 is 28.2. The van der Waals surface area contributed by atoms with Gasteiger partial charge in [-0.2, -0.15) is 8.78 Å². The number of alkyl halides is 2. The van der Waals surface area contributed by atoms with Crippen LogP contribution < -0.4 is 10.5 Å². The molecule has 0 unspecified atom stereocenters. The highest BCUT2D eigenvalue weighted by Gasteiger charge is 2.08.